The van der Waals surface area contributed by atoms with Gasteiger partial charge in [-0.2, -0.15) is 0 Å². The van der Waals surface area contributed by atoms with E-state index in [0.717, 1.165) is 25.1 Å². The Balaban J connectivity index is 1.67. The molecule has 1 N–H and O–H groups in total. The Morgan fingerprint density at radius 2 is 1.95 bits per heavy atom. The van der Waals surface area contributed by atoms with Crippen LogP contribution in [-0.4, -0.2) is 50.3 Å². The lowest BCUT2D eigenvalue weighted by atomic mass is 9.95. The number of hydrogen-bond acceptors (Lipinski definition) is 3. The van der Waals surface area contributed by atoms with Crippen LogP contribution in [0.1, 0.15) is 51.9 Å². The molecule has 3 heteroatoms. The van der Waals surface area contributed by atoms with Gasteiger partial charge in [0, 0.05) is 32.3 Å². The molecule has 3 nitrogen and oxygen atoms in total. The summed E-state index contributed by atoms with van der Waals surface area (Å²) in [6, 6.07) is 1.46. The molecule has 1 aliphatic carbocycles. The van der Waals surface area contributed by atoms with Crippen LogP contribution in [0.2, 0.25) is 0 Å². The average Bonchev–Trinajstić information content (AvgIpc) is 2.46. The van der Waals surface area contributed by atoms with E-state index in [-0.39, 0.29) is 0 Å². The van der Waals surface area contributed by atoms with Crippen LogP contribution in [-0.2, 0) is 4.74 Å². The third-order valence-electron chi connectivity index (χ3n) is 4.88. The van der Waals surface area contributed by atoms with Gasteiger partial charge in [0.2, 0.25) is 0 Å². The maximum Gasteiger partial charge on any atom is 0.0502 e. The molecule has 0 spiro atoms. The van der Waals surface area contributed by atoms with Crippen LogP contribution in [0, 0.1) is 5.92 Å². The Morgan fingerprint density at radius 3 is 2.68 bits per heavy atom. The molecule has 19 heavy (non-hydrogen) atoms. The summed E-state index contributed by atoms with van der Waals surface area (Å²) in [5, 5.41) is 3.79. The molecule has 1 saturated carbocycles. The van der Waals surface area contributed by atoms with E-state index in [1.54, 1.807) is 0 Å². The topological polar surface area (TPSA) is 24.5 Å². The van der Waals surface area contributed by atoms with Gasteiger partial charge >= 0.3 is 0 Å². The van der Waals surface area contributed by atoms with E-state index >= 15 is 0 Å². The Kier molecular flexibility index (Phi) is 6.62. The van der Waals surface area contributed by atoms with Gasteiger partial charge in [0.1, 0.15) is 0 Å². The highest BCUT2D eigenvalue weighted by atomic mass is 16.5. The SMILES string of the molecule is COCC1CCCN(C(C)CNC2CCCCC2)C1. The lowest BCUT2D eigenvalue weighted by Crippen LogP contribution is -2.48. The standard InChI is InChI=1S/C16H32N2O/c1-14(11-17-16-8-4-3-5-9-16)18-10-6-7-15(12-18)13-19-2/h14-17H,3-13H2,1-2H3. The van der Waals surface area contributed by atoms with E-state index in [0.29, 0.717) is 6.04 Å². The number of hydrogen-bond donors (Lipinski definition) is 1. The second kappa shape index (κ2) is 8.23. The molecule has 1 aliphatic heterocycles. The number of ether oxygens (including phenoxy) is 1. The molecular formula is C16H32N2O. The average molecular weight is 268 g/mol. The zero-order valence-electron chi connectivity index (χ0n) is 12.9. The molecule has 2 aliphatic rings. The summed E-state index contributed by atoms with van der Waals surface area (Å²) in [6.07, 6.45) is 9.74. The van der Waals surface area contributed by atoms with Gasteiger partial charge in [0.25, 0.3) is 0 Å². The van der Waals surface area contributed by atoms with Gasteiger partial charge in [-0.05, 0) is 45.1 Å². The van der Waals surface area contributed by atoms with Gasteiger partial charge in [-0.25, -0.2) is 0 Å². The Morgan fingerprint density at radius 1 is 1.16 bits per heavy atom. The number of rotatable bonds is 6. The van der Waals surface area contributed by atoms with E-state index in [2.05, 4.69) is 17.1 Å². The van der Waals surface area contributed by atoms with Gasteiger partial charge in [-0.3, -0.25) is 4.90 Å². The molecule has 112 valence electrons. The zero-order chi connectivity index (χ0) is 13.5. The fourth-order valence-electron chi connectivity index (χ4n) is 3.64. The molecule has 0 aromatic heterocycles. The first-order valence-corrected chi connectivity index (χ1v) is 8.26. The van der Waals surface area contributed by atoms with E-state index in [1.807, 2.05) is 7.11 Å². The molecule has 0 radical (unpaired) electrons. The highest BCUT2D eigenvalue weighted by molar-refractivity contribution is 4.80. The molecule has 2 fully saturated rings. The van der Waals surface area contributed by atoms with Crippen LogP contribution in [0.5, 0.6) is 0 Å². The van der Waals surface area contributed by atoms with Gasteiger partial charge in [0.05, 0.1) is 6.61 Å². The lowest BCUT2D eigenvalue weighted by molar-refractivity contribution is 0.0710. The highest BCUT2D eigenvalue weighted by Gasteiger charge is 2.24. The first-order valence-electron chi connectivity index (χ1n) is 8.26. The van der Waals surface area contributed by atoms with Crippen LogP contribution in [0.15, 0.2) is 0 Å². The Labute approximate surface area is 119 Å². The number of nitrogens with one attached hydrogen (secondary N) is 1. The van der Waals surface area contributed by atoms with Crippen LogP contribution in [0.3, 0.4) is 0 Å². The number of likely N-dealkylation sites (tertiary alicyclic amines) is 1. The molecule has 0 aromatic rings. The van der Waals surface area contributed by atoms with Crippen molar-refractivity contribution in [2.45, 2.75) is 64.0 Å². The quantitative estimate of drug-likeness (QED) is 0.801. The minimum atomic E-state index is 0.668. The Bertz CT molecular complexity index is 239. The summed E-state index contributed by atoms with van der Waals surface area (Å²) in [7, 11) is 1.83. The molecule has 1 saturated heterocycles. The summed E-state index contributed by atoms with van der Waals surface area (Å²) in [6.45, 7) is 6.96. The van der Waals surface area contributed by atoms with Crippen LogP contribution < -0.4 is 5.32 Å². The molecule has 0 amide bonds. The maximum absolute atomic E-state index is 5.32. The van der Waals surface area contributed by atoms with Crippen molar-refractivity contribution in [2.24, 2.45) is 5.92 Å². The minimum Gasteiger partial charge on any atom is -0.384 e. The van der Waals surface area contributed by atoms with Crippen LogP contribution in [0.4, 0.5) is 0 Å². The van der Waals surface area contributed by atoms with Crippen LogP contribution >= 0.6 is 0 Å². The summed E-state index contributed by atoms with van der Waals surface area (Å²) >= 11 is 0. The summed E-state index contributed by atoms with van der Waals surface area (Å²) in [5.74, 6) is 0.746. The first kappa shape index (κ1) is 15.3. The van der Waals surface area contributed by atoms with Gasteiger partial charge in [-0.15, -0.1) is 0 Å². The van der Waals surface area contributed by atoms with Gasteiger partial charge < -0.3 is 10.1 Å². The largest absolute Gasteiger partial charge is 0.384 e. The fraction of sp³-hybridized carbons (Fsp3) is 1.00. The number of nitrogens with zero attached hydrogens (tertiary/aromatic N) is 1. The third-order valence-corrected chi connectivity index (χ3v) is 4.88. The van der Waals surface area contributed by atoms with E-state index in [4.69, 9.17) is 4.74 Å². The van der Waals surface area contributed by atoms with E-state index in [1.165, 1.54) is 58.0 Å². The first-order chi connectivity index (χ1) is 9.29. The number of methoxy groups -OCH3 is 1. The van der Waals surface area contributed by atoms with E-state index in [9.17, 15) is 0 Å². The predicted molar refractivity (Wildman–Crippen MR) is 80.5 cm³/mol. The Hall–Kier alpha value is -0.120. The van der Waals surface area contributed by atoms with E-state index < -0.39 is 0 Å². The van der Waals surface area contributed by atoms with Crippen molar-refractivity contribution >= 4 is 0 Å². The molecule has 2 rings (SSSR count). The van der Waals surface area contributed by atoms with Crippen molar-refractivity contribution in [1.29, 1.82) is 0 Å². The molecule has 0 aromatic carbocycles. The fourth-order valence-corrected chi connectivity index (χ4v) is 3.64. The van der Waals surface area contributed by atoms with Crippen molar-refractivity contribution in [3.05, 3.63) is 0 Å². The zero-order valence-corrected chi connectivity index (χ0v) is 12.9. The van der Waals surface area contributed by atoms with Gasteiger partial charge in [-0.1, -0.05) is 19.3 Å². The smallest absolute Gasteiger partial charge is 0.0502 e. The van der Waals surface area contributed by atoms with Crippen molar-refractivity contribution < 1.29 is 4.74 Å². The maximum atomic E-state index is 5.32. The summed E-state index contributed by atoms with van der Waals surface area (Å²) in [4.78, 5) is 2.66. The van der Waals surface area contributed by atoms with Crippen molar-refractivity contribution in [1.82, 2.24) is 10.2 Å². The molecular weight excluding hydrogens is 236 g/mol. The molecule has 2 unspecified atom stereocenters. The highest BCUT2D eigenvalue weighted by Crippen LogP contribution is 2.20. The summed E-state index contributed by atoms with van der Waals surface area (Å²) < 4.78 is 5.32. The predicted octanol–water partition coefficient (Wildman–Crippen LogP) is 2.66. The van der Waals surface area contributed by atoms with Crippen molar-refractivity contribution in [3.63, 3.8) is 0 Å². The molecule has 1 heterocycles. The normalized spacial score (nSPS) is 28.4. The van der Waals surface area contributed by atoms with Gasteiger partial charge in [0.15, 0.2) is 0 Å². The monoisotopic (exact) mass is 268 g/mol. The second-order valence-corrected chi connectivity index (χ2v) is 6.55. The second-order valence-electron chi connectivity index (χ2n) is 6.55. The molecule has 2 atom stereocenters. The third kappa shape index (κ3) is 5.05. The van der Waals surface area contributed by atoms with Crippen molar-refractivity contribution in [3.8, 4) is 0 Å². The van der Waals surface area contributed by atoms with Crippen LogP contribution in [0.25, 0.3) is 0 Å². The number of piperidine rings is 1. The summed E-state index contributed by atoms with van der Waals surface area (Å²) in [5.41, 5.74) is 0. The molecule has 0 bridgehead atoms. The lowest BCUT2D eigenvalue weighted by Gasteiger charge is -2.37. The minimum absolute atomic E-state index is 0.668. The van der Waals surface area contributed by atoms with Crippen molar-refractivity contribution in [2.75, 3.05) is 33.4 Å².